The van der Waals surface area contributed by atoms with Gasteiger partial charge in [0.25, 0.3) is 5.91 Å². The molecule has 1 amide bonds. The van der Waals surface area contributed by atoms with Crippen molar-refractivity contribution in [3.63, 3.8) is 0 Å². The quantitative estimate of drug-likeness (QED) is 0.837. The minimum atomic E-state index is -1.02. The first-order chi connectivity index (χ1) is 9.77. The Bertz CT molecular complexity index is 491. The summed E-state index contributed by atoms with van der Waals surface area (Å²) >= 11 is 0. The molecule has 0 atom stereocenters. The van der Waals surface area contributed by atoms with Gasteiger partial charge in [0.15, 0.2) is 6.61 Å². The van der Waals surface area contributed by atoms with Crippen LogP contribution >= 0.6 is 0 Å². The fourth-order valence-electron chi connectivity index (χ4n) is 2.11. The van der Waals surface area contributed by atoms with Crippen LogP contribution in [-0.4, -0.2) is 41.6 Å². The number of carboxylic acids is 1. The molecule has 0 spiro atoms. The fraction of sp³-hybridized carbons (Fsp3) is 0.500. The highest BCUT2D eigenvalue weighted by molar-refractivity contribution is 5.82. The van der Waals surface area contributed by atoms with Crippen molar-refractivity contribution in [3.8, 4) is 5.75 Å². The summed E-state index contributed by atoms with van der Waals surface area (Å²) in [5.41, 5.74) is 2.11. The molecule has 0 radical (unpaired) electrons. The van der Waals surface area contributed by atoms with E-state index in [2.05, 4.69) is 0 Å². The third-order valence-corrected chi connectivity index (χ3v) is 2.82. The number of carbonyl (C=O) groups is 2. The maximum Gasteiger partial charge on any atom is 0.323 e. The molecule has 0 unspecified atom stereocenters. The van der Waals surface area contributed by atoms with Gasteiger partial charge < -0.3 is 14.7 Å². The lowest BCUT2D eigenvalue weighted by atomic mass is 10.1. The van der Waals surface area contributed by atoms with Gasteiger partial charge in [0.1, 0.15) is 12.3 Å². The van der Waals surface area contributed by atoms with Crippen LogP contribution in [0.2, 0.25) is 0 Å². The molecule has 0 bridgehead atoms. The van der Waals surface area contributed by atoms with Crippen LogP contribution < -0.4 is 4.74 Å². The normalized spacial score (nSPS) is 10.5. The van der Waals surface area contributed by atoms with Gasteiger partial charge in [-0.3, -0.25) is 9.59 Å². The molecule has 1 N–H and O–H groups in total. The predicted molar refractivity (Wildman–Crippen MR) is 80.5 cm³/mol. The van der Waals surface area contributed by atoms with Gasteiger partial charge in [-0.25, -0.2) is 0 Å². The molecule has 116 valence electrons. The van der Waals surface area contributed by atoms with E-state index in [4.69, 9.17) is 9.84 Å². The lowest BCUT2D eigenvalue weighted by Crippen LogP contribution is -2.40. The molecule has 1 rings (SSSR count). The number of aryl methyl sites for hydroxylation is 2. The Morgan fingerprint density at radius 1 is 1.19 bits per heavy atom. The molecule has 21 heavy (non-hydrogen) atoms. The summed E-state index contributed by atoms with van der Waals surface area (Å²) in [5, 5.41) is 8.87. The van der Waals surface area contributed by atoms with Crippen LogP contribution in [0.4, 0.5) is 0 Å². The molecule has 0 aliphatic rings. The van der Waals surface area contributed by atoms with Crippen LogP contribution in [0.25, 0.3) is 0 Å². The minimum absolute atomic E-state index is 0.150. The van der Waals surface area contributed by atoms with Crippen molar-refractivity contribution in [2.45, 2.75) is 27.7 Å². The van der Waals surface area contributed by atoms with Crippen LogP contribution in [0, 0.1) is 19.8 Å². The molecule has 0 aromatic heterocycles. The molecule has 0 aliphatic carbocycles. The highest BCUT2D eigenvalue weighted by Gasteiger charge is 2.18. The number of carbonyl (C=O) groups excluding carboxylic acids is 1. The molecule has 1 aromatic carbocycles. The molecule has 0 fully saturated rings. The van der Waals surface area contributed by atoms with Crippen LogP contribution in [0.15, 0.2) is 18.2 Å². The van der Waals surface area contributed by atoms with Gasteiger partial charge in [-0.05, 0) is 43.0 Å². The second-order valence-corrected chi connectivity index (χ2v) is 5.67. The number of hydrogen-bond acceptors (Lipinski definition) is 3. The predicted octanol–water partition coefficient (Wildman–Crippen LogP) is 2.25. The van der Waals surface area contributed by atoms with Crippen molar-refractivity contribution in [2.75, 3.05) is 19.7 Å². The van der Waals surface area contributed by atoms with Crippen molar-refractivity contribution >= 4 is 11.9 Å². The Morgan fingerprint density at radius 2 is 1.76 bits per heavy atom. The summed E-state index contributed by atoms with van der Waals surface area (Å²) in [6, 6.07) is 5.72. The lowest BCUT2D eigenvalue weighted by molar-refractivity contribution is -0.145. The zero-order valence-electron chi connectivity index (χ0n) is 13.0. The van der Waals surface area contributed by atoms with E-state index in [9.17, 15) is 9.59 Å². The van der Waals surface area contributed by atoms with Crippen molar-refractivity contribution in [3.05, 3.63) is 29.3 Å². The zero-order chi connectivity index (χ0) is 16.0. The maximum atomic E-state index is 12.1. The lowest BCUT2D eigenvalue weighted by Gasteiger charge is -2.22. The first-order valence-corrected chi connectivity index (χ1v) is 6.98. The third kappa shape index (κ3) is 6.29. The SMILES string of the molecule is Cc1cc(C)cc(OCC(=O)N(CC(=O)O)CC(C)C)c1. The largest absolute Gasteiger partial charge is 0.484 e. The van der Waals surface area contributed by atoms with E-state index in [1.165, 1.54) is 4.90 Å². The van der Waals surface area contributed by atoms with E-state index >= 15 is 0 Å². The first-order valence-electron chi connectivity index (χ1n) is 6.98. The van der Waals surface area contributed by atoms with E-state index < -0.39 is 5.97 Å². The summed E-state index contributed by atoms with van der Waals surface area (Å²) in [6.07, 6.45) is 0. The number of nitrogens with zero attached hydrogens (tertiary/aromatic N) is 1. The van der Waals surface area contributed by atoms with Gasteiger partial charge in [-0.1, -0.05) is 19.9 Å². The molecule has 0 heterocycles. The highest BCUT2D eigenvalue weighted by atomic mass is 16.5. The van der Waals surface area contributed by atoms with E-state index in [1.54, 1.807) is 0 Å². The van der Waals surface area contributed by atoms with Crippen LogP contribution in [0.5, 0.6) is 5.75 Å². The van der Waals surface area contributed by atoms with Gasteiger partial charge in [0, 0.05) is 6.54 Å². The monoisotopic (exact) mass is 293 g/mol. The number of carboxylic acid groups (broad SMARTS) is 1. The number of hydrogen-bond donors (Lipinski definition) is 1. The third-order valence-electron chi connectivity index (χ3n) is 2.82. The van der Waals surface area contributed by atoms with Gasteiger partial charge in [0.05, 0.1) is 0 Å². The number of rotatable bonds is 7. The average Bonchev–Trinajstić information content (AvgIpc) is 2.32. The minimum Gasteiger partial charge on any atom is -0.484 e. The number of benzene rings is 1. The number of ether oxygens (including phenoxy) is 1. The summed E-state index contributed by atoms with van der Waals surface area (Å²) in [5.74, 6) is -0.504. The zero-order valence-corrected chi connectivity index (χ0v) is 13.0. The van der Waals surface area contributed by atoms with Crippen LogP contribution in [0.1, 0.15) is 25.0 Å². The summed E-state index contributed by atoms with van der Waals surface area (Å²) in [4.78, 5) is 24.2. The van der Waals surface area contributed by atoms with E-state index in [-0.39, 0.29) is 25.0 Å². The Balaban J connectivity index is 2.65. The molecule has 0 saturated carbocycles. The Morgan fingerprint density at radius 3 is 2.24 bits per heavy atom. The van der Waals surface area contributed by atoms with Crippen molar-refractivity contribution in [1.82, 2.24) is 4.90 Å². The topological polar surface area (TPSA) is 66.8 Å². The number of aliphatic carboxylic acids is 1. The van der Waals surface area contributed by atoms with Gasteiger partial charge in [-0.2, -0.15) is 0 Å². The van der Waals surface area contributed by atoms with Crippen LogP contribution in [0.3, 0.4) is 0 Å². The highest BCUT2D eigenvalue weighted by Crippen LogP contribution is 2.16. The molecule has 0 saturated heterocycles. The standard InChI is InChI=1S/C16H23NO4/c1-11(2)8-17(9-16(19)20)15(18)10-21-14-6-12(3)5-13(4)7-14/h5-7,11H,8-10H2,1-4H3,(H,19,20). The summed E-state index contributed by atoms with van der Waals surface area (Å²) in [7, 11) is 0. The second-order valence-electron chi connectivity index (χ2n) is 5.67. The van der Waals surface area contributed by atoms with Gasteiger partial charge in [-0.15, -0.1) is 0 Å². The molecule has 0 aliphatic heterocycles. The average molecular weight is 293 g/mol. The Kier molecular flexibility index (Phi) is 6.21. The molecule has 1 aromatic rings. The second kappa shape index (κ2) is 7.67. The van der Waals surface area contributed by atoms with E-state index in [1.807, 2.05) is 45.9 Å². The Labute approximate surface area is 125 Å². The fourth-order valence-corrected chi connectivity index (χ4v) is 2.11. The van der Waals surface area contributed by atoms with Crippen LogP contribution in [-0.2, 0) is 9.59 Å². The Hall–Kier alpha value is -2.04. The van der Waals surface area contributed by atoms with Gasteiger partial charge >= 0.3 is 5.97 Å². The summed E-state index contributed by atoms with van der Waals surface area (Å²) in [6.45, 7) is 7.74. The van der Waals surface area contributed by atoms with Crippen molar-refractivity contribution in [2.24, 2.45) is 5.92 Å². The van der Waals surface area contributed by atoms with Gasteiger partial charge in [0.2, 0.25) is 0 Å². The smallest absolute Gasteiger partial charge is 0.323 e. The molecular weight excluding hydrogens is 270 g/mol. The maximum absolute atomic E-state index is 12.1. The molecule has 5 nitrogen and oxygen atoms in total. The summed E-state index contributed by atoms with van der Waals surface area (Å²) < 4.78 is 5.49. The van der Waals surface area contributed by atoms with E-state index in [0.717, 1.165) is 11.1 Å². The molecular formula is C16H23NO4. The van der Waals surface area contributed by atoms with Crippen molar-refractivity contribution < 1.29 is 19.4 Å². The first kappa shape index (κ1) is 17.0. The van der Waals surface area contributed by atoms with Crippen molar-refractivity contribution in [1.29, 1.82) is 0 Å². The molecule has 5 heteroatoms. The van der Waals surface area contributed by atoms with E-state index in [0.29, 0.717) is 12.3 Å². The number of amides is 1.